The maximum Gasteiger partial charge on any atom is 0.221 e. The predicted molar refractivity (Wildman–Crippen MR) is 70.7 cm³/mol. The Morgan fingerprint density at radius 2 is 2.22 bits per heavy atom. The molecule has 4 nitrogen and oxygen atoms in total. The van der Waals surface area contributed by atoms with Crippen LogP contribution in [0.5, 0.6) is 5.75 Å². The van der Waals surface area contributed by atoms with Gasteiger partial charge in [-0.25, -0.2) is 0 Å². The van der Waals surface area contributed by atoms with Crippen molar-refractivity contribution in [2.24, 2.45) is 0 Å². The third-order valence-electron chi connectivity index (χ3n) is 3.31. The van der Waals surface area contributed by atoms with E-state index in [1.807, 2.05) is 6.07 Å². The summed E-state index contributed by atoms with van der Waals surface area (Å²) in [7, 11) is 1.67. The molecular weight excluding hydrogens is 228 g/mol. The number of carbonyl (C=O) groups is 1. The third-order valence-corrected chi connectivity index (χ3v) is 3.31. The molecule has 4 heteroatoms. The van der Waals surface area contributed by atoms with Crippen LogP contribution in [-0.4, -0.2) is 26.1 Å². The van der Waals surface area contributed by atoms with Crippen LogP contribution >= 0.6 is 0 Å². The van der Waals surface area contributed by atoms with Crippen molar-refractivity contribution in [1.82, 2.24) is 10.6 Å². The van der Waals surface area contributed by atoms with Gasteiger partial charge in [0.2, 0.25) is 5.91 Å². The Morgan fingerprint density at radius 3 is 2.94 bits per heavy atom. The number of hydrogen-bond donors (Lipinski definition) is 2. The van der Waals surface area contributed by atoms with Crippen molar-refractivity contribution >= 4 is 5.91 Å². The summed E-state index contributed by atoms with van der Waals surface area (Å²) in [5.41, 5.74) is 2.34. The average molecular weight is 248 g/mol. The molecule has 1 amide bonds. The van der Waals surface area contributed by atoms with Crippen LogP contribution in [0.1, 0.15) is 30.5 Å². The molecule has 1 unspecified atom stereocenters. The smallest absolute Gasteiger partial charge is 0.221 e. The van der Waals surface area contributed by atoms with E-state index in [0.29, 0.717) is 13.0 Å². The molecule has 0 bridgehead atoms. The summed E-state index contributed by atoms with van der Waals surface area (Å²) >= 11 is 0. The summed E-state index contributed by atoms with van der Waals surface area (Å²) in [6, 6.07) is 6.22. The molecule has 2 N–H and O–H groups in total. The Hall–Kier alpha value is -1.55. The molecule has 1 atom stereocenters. The second-order valence-corrected chi connectivity index (χ2v) is 4.49. The van der Waals surface area contributed by atoms with Crippen molar-refractivity contribution in [2.75, 3.05) is 20.2 Å². The van der Waals surface area contributed by atoms with E-state index in [0.717, 1.165) is 24.3 Å². The van der Waals surface area contributed by atoms with E-state index >= 15 is 0 Å². The van der Waals surface area contributed by atoms with E-state index in [2.05, 4.69) is 29.7 Å². The minimum absolute atomic E-state index is 0.0361. The molecule has 1 aromatic rings. The van der Waals surface area contributed by atoms with Gasteiger partial charge in [-0.3, -0.25) is 4.79 Å². The Labute approximate surface area is 108 Å². The lowest BCUT2D eigenvalue weighted by molar-refractivity contribution is -0.121. The highest BCUT2D eigenvalue weighted by molar-refractivity contribution is 5.77. The summed E-state index contributed by atoms with van der Waals surface area (Å²) in [5, 5.41) is 6.26. The summed E-state index contributed by atoms with van der Waals surface area (Å²) in [4.78, 5) is 11.6. The van der Waals surface area contributed by atoms with Crippen LogP contribution in [0.4, 0.5) is 0 Å². The summed E-state index contributed by atoms with van der Waals surface area (Å²) in [6.07, 6.45) is 1.44. The number of rotatable bonds is 3. The fraction of sp³-hybridized carbons (Fsp3) is 0.500. The van der Waals surface area contributed by atoms with Crippen LogP contribution in [0.15, 0.2) is 18.2 Å². The molecule has 0 aliphatic carbocycles. The average Bonchev–Trinajstić information content (AvgIpc) is 2.62. The van der Waals surface area contributed by atoms with Gasteiger partial charge in [0.05, 0.1) is 7.11 Å². The topological polar surface area (TPSA) is 50.4 Å². The van der Waals surface area contributed by atoms with Crippen LogP contribution < -0.4 is 15.4 Å². The van der Waals surface area contributed by atoms with Gasteiger partial charge in [-0.05, 0) is 18.1 Å². The molecule has 1 heterocycles. The number of ether oxygens (including phenoxy) is 1. The maximum atomic E-state index is 11.6. The first kappa shape index (κ1) is 12.9. The normalized spacial score (nSPS) is 20.1. The van der Waals surface area contributed by atoms with Gasteiger partial charge in [0.25, 0.3) is 0 Å². The second kappa shape index (κ2) is 5.87. The Bertz CT molecular complexity index is 432. The monoisotopic (exact) mass is 248 g/mol. The first-order valence-corrected chi connectivity index (χ1v) is 6.41. The molecule has 18 heavy (non-hydrogen) atoms. The molecule has 1 aromatic carbocycles. The van der Waals surface area contributed by atoms with E-state index in [1.165, 1.54) is 5.56 Å². The molecule has 0 radical (unpaired) electrons. The zero-order valence-corrected chi connectivity index (χ0v) is 11.0. The quantitative estimate of drug-likeness (QED) is 0.850. The van der Waals surface area contributed by atoms with E-state index < -0.39 is 0 Å². The van der Waals surface area contributed by atoms with Gasteiger partial charge in [-0.1, -0.05) is 19.1 Å². The van der Waals surface area contributed by atoms with E-state index in [9.17, 15) is 4.79 Å². The first-order chi connectivity index (χ1) is 8.74. The van der Waals surface area contributed by atoms with Gasteiger partial charge < -0.3 is 15.4 Å². The molecule has 0 spiro atoms. The van der Waals surface area contributed by atoms with Crippen LogP contribution in [0.2, 0.25) is 0 Å². The molecular formula is C14H20N2O2. The van der Waals surface area contributed by atoms with Gasteiger partial charge in [-0.15, -0.1) is 0 Å². The lowest BCUT2D eigenvalue weighted by atomic mass is 9.99. The highest BCUT2D eigenvalue weighted by atomic mass is 16.5. The second-order valence-electron chi connectivity index (χ2n) is 4.49. The van der Waals surface area contributed by atoms with Crippen molar-refractivity contribution < 1.29 is 9.53 Å². The molecule has 1 saturated heterocycles. The van der Waals surface area contributed by atoms with Gasteiger partial charge in [0.15, 0.2) is 0 Å². The zero-order chi connectivity index (χ0) is 13.0. The summed E-state index contributed by atoms with van der Waals surface area (Å²) < 4.78 is 5.40. The van der Waals surface area contributed by atoms with E-state index in [4.69, 9.17) is 4.74 Å². The van der Waals surface area contributed by atoms with Crippen molar-refractivity contribution in [3.05, 3.63) is 29.3 Å². The number of amides is 1. The molecule has 1 aliphatic rings. The maximum absolute atomic E-state index is 11.6. The van der Waals surface area contributed by atoms with Crippen molar-refractivity contribution in [3.63, 3.8) is 0 Å². The summed E-state index contributed by atoms with van der Waals surface area (Å²) in [6.45, 7) is 3.60. The third kappa shape index (κ3) is 2.82. The SMILES string of the molecule is CCc1ccc(OC)c(C2CC(=O)NCCN2)c1. The standard InChI is InChI=1S/C14H20N2O2/c1-3-10-4-5-13(18-2)11(8-10)12-9-14(17)16-7-6-15-12/h4-5,8,12,15H,3,6-7,9H2,1-2H3,(H,16,17). The van der Waals surface area contributed by atoms with E-state index in [-0.39, 0.29) is 11.9 Å². The van der Waals surface area contributed by atoms with Crippen molar-refractivity contribution in [2.45, 2.75) is 25.8 Å². The van der Waals surface area contributed by atoms with Gasteiger partial charge in [0, 0.05) is 31.1 Å². The first-order valence-electron chi connectivity index (χ1n) is 6.41. The lowest BCUT2D eigenvalue weighted by Gasteiger charge is -2.19. The van der Waals surface area contributed by atoms with E-state index in [1.54, 1.807) is 7.11 Å². The number of carbonyl (C=O) groups excluding carboxylic acids is 1. The zero-order valence-electron chi connectivity index (χ0n) is 11.0. The minimum Gasteiger partial charge on any atom is -0.496 e. The number of nitrogens with one attached hydrogen (secondary N) is 2. The highest BCUT2D eigenvalue weighted by Gasteiger charge is 2.21. The minimum atomic E-state index is 0.0361. The van der Waals surface area contributed by atoms with Gasteiger partial charge >= 0.3 is 0 Å². The van der Waals surface area contributed by atoms with Crippen molar-refractivity contribution in [1.29, 1.82) is 0 Å². The Balaban J connectivity index is 2.31. The molecule has 0 aromatic heterocycles. The van der Waals surface area contributed by atoms with Crippen LogP contribution in [0.25, 0.3) is 0 Å². The van der Waals surface area contributed by atoms with Crippen LogP contribution in [0, 0.1) is 0 Å². The highest BCUT2D eigenvalue weighted by Crippen LogP contribution is 2.29. The number of methoxy groups -OCH3 is 1. The van der Waals surface area contributed by atoms with Crippen LogP contribution in [0.3, 0.4) is 0 Å². The van der Waals surface area contributed by atoms with Gasteiger partial charge in [-0.2, -0.15) is 0 Å². The molecule has 2 rings (SSSR count). The number of hydrogen-bond acceptors (Lipinski definition) is 3. The lowest BCUT2D eigenvalue weighted by Crippen LogP contribution is -2.24. The molecule has 1 fully saturated rings. The number of benzene rings is 1. The Kier molecular flexibility index (Phi) is 4.20. The fourth-order valence-electron chi connectivity index (χ4n) is 2.27. The fourth-order valence-corrected chi connectivity index (χ4v) is 2.27. The summed E-state index contributed by atoms with van der Waals surface area (Å²) in [5.74, 6) is 0.938. The predicted octanol–water partition coefficient (Wildman–Crippen LogP) is 1.41. The van der Waals surface area contributed by atoms with Crippen molar-refractivity contribution in [3.8, 4) is 5.75 Å². The molecule has 0 saturated carbocycles. The number of aryl methyl sites for hydroxylation is 1. The molecule has 1 aliphatic heterocycles. The van der Waals surface area contributed by atoms with Gasteiger partial charge in [0.1, 0.15) is 5.75 Å². The van der Waals surface area contributed by atoms with Crippen LogP contribution in [-0.2, 0) is 11.2 Å². The largest absolute Gasteiger partial charge is 0.496 e. The Morgan fingerprint density at radius 1 is 1.39 bits per heavy atom. The molecule has 98 valence electrons.